The summed E-state index contributed by atoms with van der Waals surface area (Å²) in [7, 11) is 0. The van der Waals surface area contributed by atoms with Crippen LogP contribution in [0.25, 0.3) is 0 Å². The van der Waals surface area contributed by atoms with Crippen LogP contribution in [0.1, 0.15) is 35.8 Å². The van der Waals surface area contributed by atoms with Crippen LogP contribution in [-0.2, 0) is 9.53 Å². The summed E-state index contributed by atoms with van der Waals surface area (Å²) in [6.07, 6.45) is -5.34. The van der Waals surface area contributed by atoms with Crippen molar-refractivity contribution >= 4 is 17.5 Å². The van der Waals surface area contributed by atoms with E-state index in [9.17, 15) is 31.5 Å². The van der Waals surface area contributed by atoms with Crippen LogP contribution >= 0.6 is 0 Å². The van der Waals surface area contributed by atoms with Crippen molar-refractivity contribution < 1.29 is 36.3 Å². The number of ether oxygens (including phenoxy) is 1. The molecule has 1 aromatic carbocycles. The lowest BCUT2D eigenvalue weighted by Gasteiger charge is -2.31. The summed E-state index contributed by atoms with van der Waals surface area (Å²) in [6.45, 7) is 2.03. The van der Waals surface area contributed by atoms with E-state index in [4.69, 9.17) is 10.5 Å². The highest BCUT2D eigenvalue weighted by Crippen LogP contribution is 2.53. The van der Waals surface area contributed by atoms with Gasteiger partial charge >= 0.3 is 6.18 Å². The Hall–Kier alpha value is -3.08. The van der Waals surface area contributed by atoms with Gasteiger partial charge in [-0.05, 0) is 36.8 Å². The number of anilines is 1. The molecule has 1 fully saturated rings. The lowest BCUT2D eigenvalue weighted by molar-refractivity contribution is -0.272. The molecule has 6 nitrogen and oxygen atoms in total. The van der Waals surface area contributed by atoms with Crippen molar-refractivity contribution in [1.82, 2.24) is 4.98 Å². The molecule has 0 bridgehead atoms. The highest BCUT2D eigenvalue weighted by molar-refractivity contribution is 5.97. The van der Waals surface area contributed by atoms with Crippen molar-refractivity contribution in [3.05, 3.63) is 59.4 Å². The van der Waals surface area contributed by atoms with E-state index >= 15 is 0 Å². The van der Waals surface area contributed by atoms with E-state index in [1.807, 2.05) is 0 Å². The van der Waals surface area contributed by atoms with Crippen LogP contribution in [0.4, 0.5) is 27.6 Å². The van der Waals surface area contributed by atoms with Gasteiger partial charge in [0.2, 0.25) is 0 Å². The van der Waals surface area contributed by atoms with E-state index in [2.05, 4.69) is 10.3 Å². The second-order valence-electron chi connectivity index (χ2n) is 7.41. The Morgan fingerprint density at radius 2 is 1.84 bits per heavy atom. The minimum atomic E-state index is -4.84. The van der Waals surface area contributed by atoms with Crippen LogP contribution in [0, 0.1) is 17.6 Å². The van der Waals surface area contributed by atoms with Crippen LogP contribution in [0.3, 0.4) is 0 Å². The summed E-state index contributed by atoms with van der Waals surface area (Å²) < 4.78 is 73.7. The van der Waals surface area contributed by atoms with Gasteiger partial charge in [-0.2, -0.15) is 13.2 Å². The number of aromatic nitrogens is 1. The Kier molecular flexibility index (Phi) is 5.74. The van der Waals surface area contributed by atoms with Crippen molar-refractivity contribution in [1.29, 1.82) is 0 Å². The molecule has 3 rings (SSSR count). The van der Waals surface area contributed by atoms with Gasteiger partial charge in [-0.3, -0.25) is 14.6 Å². The van der Waals surface area contributed by atoms with E-state index in [1.54, 1.807) is 0 Å². The lowest BCUT2D eigenvalue weighted by atomic mass is 9.77. The number of amides is 2. The zero-order valence-corrected chi connectivity index (χ0v) is 16.3. The van der Waals surface area contributed by atoms with Crippen molar-refractivity contribution in [2.45, 2.75) is 37.6 Å². The highest BCUT2D eigenvalue weighted by atomic mass is 19.4. The molecule has 4 atom stereocenters. The van der Waals surface area contributed by atoms with Crippen molar-refractivity contribution in [2.75, 3.05) is 5.32 Å². The van der Waals surface area contributed by atoms with Gasteiger partial charge in [-0.25, -0.2) is 8.78 Å². The number of hydrogen-bond acceptors (Lipinski definition) is 4. The highest BCUT2D eigenvalue weighted by Gasteiger charge is 2.65. The van der Waals surface area contributed by atoms with Crippen LogP contribution in [0.2, 0.25) is 0 Å². The number of carbonyl (C=O) groups excluding carboxylic acids is 2. The summed E-state index contributed by atoms with van der Waals surface area (Å²) >= 11 is 0. The first-order valence-electron chi connectivity index (χ1n) is 9.11. The average molecular weight is 443 g/mol. The summed E-state index contributed by atoms with van der Waals surface area (Å²) in [6, 6.07) is 5.09. The molecule has 1 saturated heterocycles. The summed E-state index contributed by atoms with van der Waals surface area (Å²) in [5.74, 6) is -6.82. The number of carbonyl (C=O) groups is 2. The van der Waals surface area contributed by atoms with Crippen molar-refractivity contribution in [2.24, 2.45) is 11.7 Å². The molecular formula is C20H18F5N3O3. The third-order valence-electron chi connectivity index (χ3n) is 5.54. The Morgan fingerprint density at radius 3 is 2.42 bits per heavy atom. The smallest absolute Gasteiger partial charge is 0.364 e. The summed E-state index contributed by atoms with van der Waals surface area (Å²) in [5.41, 5.74) is 2.27. The number of nitrogens with zero attached hydrogens (tertiary/aromatic N) is 1. The maximum absolute atomic E-state index is 13.8. The van der Waals surface area contributed by atoms with Gasteiger partial charge in [0.25, 0.3) is 11.8 Å². The van der Waals surface area contributed by atoms with E-state index < -0.39 is 53.2 Å². The molecule has 1 aliphatic rings. The van der Waals surface area contributed by atoms with Gasteiger partial charge in [0.05, 0.1) is 0 Å². The molecule has 0 saturated carbocycles. The average Bonchev–Trinajstić information content (AvgIpc) is 2.96. The van der Waals surface area contributed by atoms with Gasteiger partial charge < -0.3 is 15.8 Å². The molecule has 3 N–H and O–H groups in total. The molecule has 2 aromatic rings. The van der Waals surface area contributed by atoms with Gasteiger partial charge in [0.1, 0.15) is 11.8 Å². The molecule has 0 unspecified atom stereocenters. The molecule has 166 valence electrons. The number of benzene rings is 1. The van der Waals surface area contributed by atoms with Crippen molar-refractivity contribution in [3.63, 3.8) is 0 Å². The maximum Gasteiger partial charge on any atom is 0.417 e. The molecule has 0 spiro atoms. The maximum atomic E-state index is 13.8. The first-order chi connectivity index (χ1) is 14.3. The Labute approximate surface area is 173 Å². The zero-order valence-electron chi connectivity index (χ0n) is 16.3. The predicted octanol–water partition coefficient (Wildman–Crippen LogP) is 3.54. The molecule has 1 aromatic heterocycles. The Bertz CT molecular complexity index is 1030. The van der Waals surface area contributed by atoms with Crippen LogP contribution < -0.4 is 11.1 Å². The number of alkyl halides is 3. The van der Waals surface area contributed by atoms with Crippen LogP contribution in [-0.4, -0.2) is 34.7 Å². The van der Waals surface area contributed by atoms with E-state index in [0.717, 1.165) is 31.2 Å². The molecule has 0 radical (unpaired) electrons. The summed E-state index contributed by atoms with van der Waals surface area (Å²) in [4.78, 5) is 27.9. The minimum Gasteiger partial charge on any atom is -0.364 e. The van der Waals surface area contributed by atoms with Crippen LogP contribution in [0.5, 0.6) is 0 Å². The van der Waals surface area contributed by atoms with E-state index in [1.165, 1.54) is 19.2 Å². The first kappa shape index (κ1) is 22.6. The number of pyridine rings is 1. The van der Waals surface area contributed by atoms with Crippen molar-refractivity contribution in [3.8, 4) is 0 Å². The minimum absolute atomic E-state index is 0.0212. The first-order valence-corrected chi connectivity index (χ1v) is 9.11. The fraction of sp³-hybridized carbons (Fsp3) is 0.350. The molecular weight excluding hydrogens is 425 g/mol. The largest absolute Gasteiger partial charge is 0.417 e. The molecule has 31 heavy (non-hydrogen) atoms. The second kappa shape index (κ2) is 7.88. The number of nitrogens with one attached hydrogen (secondary N) is 1. The number of rotatable bonds is 4. The quantitative estimate of drug-likeness (QED) is 0.707. The van der Waals surface area contributed by atoms with Gasteiger partial charge in [-0.1, -0.05) is 13.0 Å². The third kappa shape index (κ3) is 4.09. The number of halogens is 5. The predicted molar refractivity (Wildman–Crippen MR) is 99.0 cm³/mol. The summed E-state index contributed by atoms with van der Waals surface area (Å²) in [5, 5.41) is 2.37. The van der Waals surface area contributed by atoms with Gasteiger partial charge in [0.15, 0.2) is 17.2 Å². The van der Waals surface area contributed by atoms with Gasteiger partial charge in [-0.15, -0.1) is 0 Å². The Morgan fingerprint density at radius 1 is 1.16 bits per heavy atom. The van der Waals surface area contributed by atoms with E-state index in [0.29, 0.717) is 0 Å². The second-order valence-corrected chi connectivity index (χ2v) is 7.41. The molecule has 11 heteroatoms. The molecule has 2 heterocycles. The topological polar surface area (TPSA) is 94.3 Å². The SMILES string of the molecule is C[C@@H]1[C@H](c2ccc(F)c(F)c2)[C@@H](C(=O)Nc2ccnc(C(N)=O)c2)O[C@]1(C)C(F)(F)F. The zero-order chi connectivity index (χ0) is 23.1. The number of nitrogens with two attached hydrogens (primary N) is 1. The fourth-order valence-corrected chi connectivity index (χ4v) is 3.63. The molecule has 1 aliphatic heterocycles. The fourth-order valence-electron chi connectivity index (χ4n) is 3.63. The molecule has 2 amide bonds. The molecule has 0 aliphatic carbocycles. The van der Waals surface area contributed by atoms with Gasteiger partial charge in [0, 0.05) is 23.7 Å². The monoisotopic (exact) mass is 443 g/mol. The number of primary amides is 1. The van der Waals surface area contributed by atoms with E-state index in [-0.39, 0.29) is 16.9 Å². The number of hydrogen-bond donors (Lipinski definition) is 2. The van der Waals surface area contributed by atoms with Crippen LogP contribution in [0.15, 0.2) is 36.5 Å². The normalized spacial score (nSPS) is 26.0. The standard InChI is InChI=1S/C20H18F5N3O3/c1-9-15(10-3-4-12(21)13(22)7-10)16(31-19(9,2)20(23,24)25)18(30)28-11-5-6-27-14(8-11)17(26)29/h3-9,15-16H,1-2H3,(H2,26,29)(H,27,28,30)/t9-,15-,16+,19+/m1/s1. The Balaban J connectivity index is 2.00. The lowest BCUT2D eigenvalue weighted by Crippen LogP contribution is -2.47. The third-order valence-corrected chi connectivity index (χ3v) is 5.54.